The summed E-state index contributed by atoms with van der Waals surface area (Å²) in [5, 5.41) is 12.2. The highest BCUT2D eigenvalue weighted by Gasteiger charge is 2.21. The lowest BCUT2D eigenvalue weighted by Gasteiger charge is -2.25. The van der Waals surface area contributed by atoms with Gasteiger partial charge in [-0.2, -0.15) is 0 Å². The highest BCUT2D eigenvalue weighted by Crippen LogP contribution is 2.17. The van der Waals surface area contributed by atoms with Crippen molar-refractivity contribution in [3.05, 3.63) is 5.01 Å². The number of likely N-dealkylation sites (N-methyl/N-ethyl adjacent to an activating group) is 1. The second kappa shape index (κ2) is 8.16. The van der Waals surface area contributed by atoms with Crippen molar-refractivity contribution in [3.63, 3.8) is 0 Å². The first kappa shape index (κ1) is 16.8. The fraction of sp³-hybridized carbons (Fsp3) is 0.769. The Bertz CT molecular complexity index is 419. The van der Waals surface area contributed by atoms with Gasteiger partial charge < -0.3 is 15.1 Å². The maximum Gasteiger partial charge on any atom is 0.284 e. The van der Waals surface area contributed by atoms with Gasteiger partial charge in [-0.15, -0.1) is 10.2 Å². The normalized spacial score (nSPS) is 11.2. The molecule has 1 aromatic heterocycles. The van der Waals surface area contributed by atoms with Crippen molar-refractivity contribution in [3.8, 4) is 0 Å². The van der Waals surface area contributed by atoms with E-state index in [0.717, 1.165) is 19.6 Å². The van der Waals surface area contributed by atoms with Crippen LogP contribution >= 0.6 is 11.3 Å². The molecule has 20 heavy (non-hydrogen) atoms. The number of rotatable bonds is 8. The molecule has 0 bridgehead atoms. The lowest BCUT2D eigenvalue weighted by molar-refractivity contribution is 0.0723. The molecule has 0 aromatic carbocycles. The Morgan fingerprint density at radius 3 is 2.55 bits per heavy atom. The molecule has 114 valence electrons. The number of hydrogen-bond donors (Lipinski definition) is 1. The van der Waals surface area contributed by atoms with E-state index in [1.807, 2.05) is 25.9 Å². The van der Waals surface area contributed by atoms with Crippen molar-refractivity contribution in [1.29, 1.82) is 0 Å². The molecule has 0 aliphatic carbocycles. The molecule has 0 atom stereocenters. The Labute approximate surface area is 125 Å². The monoisotopic (exact) mass is 299 g/mol. The van der Waals surface area contributed by atoms with Gasteiger partial charge in [0.15, 0.2) is 0 Å². The Balaban J connectivity index is 2.74. The summed E-state index contributed by atoms with van der Waals surface area (Å²) in [4.78, 5) is 16.4. The molecule has 0 saturated carbocycles. The number of carbonyl (C=O) groups excluding carboxylic acids is 1. The molecule has 1 amide bonds. The molecular formula is C13H25N5OS. The zero-order valence-electron chi connectivity index (χ0n) is 13.0. The predicted octanol–water partition coefficient (Wildman–Crippen LogP) is 1.63. The fourth-order valence-corrected chi connectivity index (χ4v) is 2.48. The molecule has 6 nitrogen and oxygen atoms in total. The average molecular weight is 299 g/mol. The van der Waals surface area contributed by atoms with Crippen molar-refractivity contribution in [2.75, 3.05) is 45.6 Å². The number of anilines is 1. The van der Waals surface area contributed by atoms with Gasteiger partial charge in [0.25, 0.3) is 5.91 Å². The zero-order valence-corrected chi connectivity index (χ0v) is 13.8. The largest absolute Gasteiger partial charge is 0.360 e. The Hall–Kier alpha value is -1.21. The van der Waals surface area contributed by atoms with Crippen molar-refractivity contribution in [1.82, 2.24) is 20.0 Å². The smallest absolute Gasteiger partial charge is 0.284 e. The molecule has 0 saturated heterocycles. The molecule has 0 radical (unpaired) electrons. The summed E-state index contributed by atoms with van der Waals surface area (Å²) in [5.74, 6) is 0.407. The van der Waals surface area contributed by atoms with E-state index < -0.39 is 0 Å². The summed E-state index contributed by atoms with van der Waals surface area (Å²) in [7, 11) is 4.01. The summed E-state index contributed by atoms with van der Waals surface area (Å²) in [6.07, 6.45) is 0. The summed E-state index contributed by atoms with van der Waals surface area (Å²) in [5.41, 5.74) is 0. The van der Waals surface area contributed by atoms with Crippen LogP contribution in [0.25, 0.3) is 0 Å². The van der Waals surface area contributed by atoms with E-state index in [1.165, 1.54) is 11.3 Å². The molecule has 7 heteroatoms. The van der Waals surface area contributed by atoms with Gasteiger partial charge in [0, 0.05) is 26.2 Å². The lowest BCUT2D eigenvalue weighted by Crippen LogP contribution is -2.39. The van der Waals surface area contributed by atoms with Crippen LogP contribution in [0.15, 0.2) is 0 Å². The number of amides is 1. The van der Waals surface area contributed by atoms with Crippen molar-refractivity contribution in [2.24, 2.45) is 5.92 Å². The van der Waals surface area contributed by atoms with Crippen LogP contribution in [0.5, 0.6) is 0 Å². The Morgan fingerprint density at radius 1 is 1.30 bits per heavy atom. The van der Waals surface area contributed by atoms with Crippen LogP contribution in [-0.4, -0.2) is 66.2 Å². The first-order chi connectivity index (χ1) is 9.43. The van der Waals surface area contributed by atoms with E-state index in [2.05, 4.69) is 34.3 Å². The highest BCUT2D eigenvalue weighted by molar-refractivity contribution is 7.17. The van der Waals surface area contributed by atoms with Gasteiger partial charge in [-0.05, 0) is 26.9 Å². The molecule has 1 aromatic rings. The summed E-state index contributed by atoms with van der Waals surface area (Å²) in [6, 6.07) is 0. The molecule has 0 aliphatic rings. The van der Waals surface area contributed by atoms with Gasteiger partial charge in [-0.1, -0.05) is 25.2 Å². The number of carbonyl (C=O) groups is 1. The van der Waals surface area contributed by atoms with Crippen LogP contribution in [-0.2, 0) is 0 Å². The van der Waals surface area contributed by atoms with Gasteiger partial charge in [-0.3, -0.25) is 4.79 Å². The van der Waals surface area contributed by atoms with Crippen molar-refractivity contribution in [2.45, 2.75) is 20.8 Å². The SMILES string of the molecule is CCNc1nnc(C(=O)N(CCN(C)C)CC(C)C)s1. The van der Waals surface area contributed by atoms with Gasteiger partial charge in [0.05, 0.1) is 0 Å². The second-order valence-electron chi connectivity index (χ2n) is 5.39. The minimum Gasteiger partial charge on any atom is -0.360 e. The van der Waals surface area contributed by atoms with Crippen LogP contribution in [0.3, 0.4) is 0 Å². The molecule has 1 N–H and O–H groups in total. The van der Waals surface area contributed by atoms with Crippen molar-refractivity contribution >= 4 is 22.4 Å². The third-order valence-electron chi connectivity index (χ3n) is 2.63. The molecular weight excluding hydrogens is 274 g/mol. The van der Waals surface area contributed by atoms with E-state index in [4.69, 9.17) is 0 Å². The van der Waals surface area contributed by atoms with Crippen LogP contribution in [0, 0.1) is 5.92 Å². The molecule has 0 unspecified atom stereocenters. The van der Waals surface area contributed by atoms with Gasteiger partial charge >= 0.3 is 0 Å². The lowest BCUT2D eigenvalue weighted by atomic mass is 10.2. The minimum atomic E-state index is -0.0257. The number of nitrogens with one attached hydrogen (secondary N) is 1. The molecule has 1 rings (SSSR count). The molecule has 0 aliphatic heterocycles. The van der Waals surface area contributed by atoms with Crippen LogP contribution in [0.4, 0.5) is 5.13 Å². The first-order valence-corrected chi connectivity index (χ1v) is 7.77. The molecule has 0 spiro atoms. The maximum atomic E-state index is 12.5. The second-order valence-corrected chi connectivity index (χ2v) is 6.37. The van der Waals surface area contributed by atoms with E-state index in [9.17, 15) is 4.79 Å². The predicted molar refractivity (Wildman–Crippen MR) is 83.4 cm³/mol. The fourth-order valence-electron chi connectivity index (χ4n) is 1.70. The Kier molecular flexibility index (Phi) is 6.87. The van der Waals surface area contributed by atoms with E-state index in [-0.39, 0.29) is 5.91 Å². The molecule has 0 fully saturated rings. The molecule has 1 heterocycles. The van der Waals surface area contributed by atoms with Crippen molar-refractivity contribution < 1.29 is 4.79 Å². The standard InChI is InChI=1S/C13H25N5OS/c1-6-14-13-16-15-11(20-13)12(19)18(9-10(2)3)8-7-17(4)5/h10H,6-9H2,1-5H3,(H,14,16). The first-order valence-electron chi connectivity index (χ1n) is 6.95. The minimum absolute atomic E-state index is 0.0257. The van der Waals surface area contributed by atoms with Gasteiger partial charge in [0.1, 0.15) is 0 Å². The van der Waals surface area contributed by atoms with Crippen LogP contribution in [0.1, 0.15) is 30.6 Å². The summed E-state index contributed by atoms with van der Waals surface area (Å²) < 4.78 is 0. The van der Waals surface area contributed by atoms with Gasteiger partial charge in [0.2, 0.25) is 10.1 Å². The van der Waals surface area contributed by atoms with E-state index in [1.54, 1.807) is 0 Å². The third-order valence-corrected chi connectivity index (χ3v) is 3.49. The maximum absolute atomic E-state index is 12.5. The van der Waals surface area contributed by atoms with E-state index >= 15 is 0 Å². The average Bonchev–Trinajstić information content (AvgIpc) is 2.82. The van der Waals surface area contributed by atoms with E-state index in [0.29, 0.717) is 22.6 Å². The number of nitrogens with zero attached hydrogens (tertiary/aromatic N) is 4. The number of aromatic nitrogens is 2. The third kappa shape index (κ3) is 5.42. The Morgan fingerprint density at radius 2 is 2.00 bits per heavy atom. The van der Waals surface area contributed by atoms with Crippen LogP contribution < -0.4 is 5.32 Å². The quantitative estimate of drug-likeness (QED) is 0.790. The number of hydrogen-bond acceptors (Lipinski definition) is 6. The van der Waals surface area contributed by atoms with Gasteiger partial charge in [-0.25, -0.2) is 0 Å². The summed E-state index contributed by atoms with van der Waals surface area (Å²) >= 11 is 1.32. The summed E-state index contributed by atoms with van der Waals surface area (Å²) in [6.45, 7) is 9.28. The zero-order chi connectivity index (χ0) is 15.1. The topological polar surface area (TPSA) is 61.4 Å². The highest BCUT2D eigenvalue weighted by atomic mass is 32.1. The van der Waals surface area contributed by atoms with Crippen LogP contribution in [0.2, 0.25) is 0 Å².